The van der Waals surface area contributed by atoms with Crippen molar-refractivity contribution in [3.05, 3.63) is 36.4 Å². The van der Waals surface area contributed by atoms with E-state index in [4.69, 9.17) is 5.14 Å². The highest BCUT2D eigenvalue weighted by molar-refractivity contribution is 7.89. The van der Waals surface area contributed by atoms with Crippen LogP contribution in [0.2, 0.25) is 0 Å². The van der Waals surface area contributed by atoms with Gasteiger partial charge < -0.3 is 0 Å². The number of anilines is 1. The molecule has 4 atom stereocenters. The van der Waals surface area contributed by atoms with Crippen LogP contribution in [-0.4, -0.2) is 20.2 Å². The van der Waals surface area contributed by atoms with Crippen molar-refractivity contribution in [3.8, 4) is 0 Å². The van der Waals surface area contributed by atoms with Gasteiger partial charge in [-0.05, 0) is 36.5 Å². The van der Waals surface area contributed by atoms with E-state index in [0.717, 1.165) is 11.3 Å². The van der Waals surface area contributed by atoms with Crippen LogP contribution in [-0.2, 0) is 19.6 Å². The molecule has 2 amide bonds. The van der Waals surface area contributed by atoms with Crippen LogP contribution in [0.25, 0.3) is 0 Å². The molecule has 2 unspecified atom stereocenters. The molecule has 0 spiro atoms. The normalized spacial score (nSPS) is 32.9. The number of fused-ring (bicyclic) bond motifs is 5. The summed E-state index contributed by atoms with van der Waals surface area (Å²) < 4.78 is 22.9. The summed E-state index contributed by atoms with van der Waals surface area (Å²) in [5.74, 6) is -0.839. The van der Waals surface area contributed by atoms with Crippen LogP contribution in [0.3, 0.4) is 0 Å². The van der Waals surface area contributed by atoms with E-state index in [1.54, 1.807) is 6.07 Å². The lowest BCUT2D eigenvalue weighted by atomic mass is 9.85. The lowest BCUT2D eigenvalue weighted by Gasteiger charge is -2.17. The van der Waals surface area contributed by atoms with E-state index in [-0.39, 0.29) is 46.1 Å². The van der Waals surface area contributed by atoms with Gasteiger partial charge in [0.2, 0.25) is 21.8 Å². The van der Waals surface area contributed by atoms with E-state index in [2.05, 4.69) is 0 Å². The van der Waals surface area contributed by atoms with Crippen molar-refractivity contribution >= 4 is 27.5 Å². The number of amides is 2. The van der Waals surface area contributed by atoms with Crippen molar-refractivity contribution in [2.75, 3.05) is 4.90 Å². The molecule has 22 heavy (non-hydrogen) atoms. The molecule has 2 bridgehead atoms. The van der Waals surface area contributed by atoms with Gasteiger partial charge in [-0.25, -0.2) is 18.5 Å². The van der Waals surface area contributed by atoms with Gasteiger partial charge in [0, 0.05) is 0 Å². The van der Waals surface area contributed by atoms with Crippen LogP contribution >= 0.6 is 0 Å². The zero-order valence-electron chi connectivity index (χ0n) is 11.5. The Morgan fingerprint density at radius 1 is 1.05 bits per heavy atom. The minimum atomic E-state index is -3.88. The molecular formula is C15H14N2O4S. The lowest BCUT2D eigenvalue weighted by Crippen LogP contribution is -2.33. The van der Waals surface area contributed by atoms with Crippen molar-refractivity contribution in [1.29, 1.82) is 0 Å². The van der Waals surface area contributed by atoms with Gasteiger partial charge >= 0.3 is 0 Å². The summed E-state index contributed by atoms with van der Waals surface area (Å²) in [5, 5.41) is 5.11. The molecule has 114 valence electrons. The molecule has 1 saturated carbocycles. The monoisotopic (exact) mass is 318 g/mol. The summed E-state index contributed by atoms with van der Waals surface area (Å²) in [5.41, 5.74) is 0.273. The number of nitrogens with two attached hydrogens (primary N) is 1. The number of imide groups is 1. The lowest BCUT2D eigenvalue weighted by molar-refractivity contribution is -0.123. The number of benzene rings is 1. The van der Waals surface area contributed by atoms with Crippen LogP contribution in [0.15, 0.2) is 41.3 Å². The van der Waals surface area contributed by atoms with Gasteiger partial charge in [0.05, 0.1) is 22.4 Å². The standard InChI is InChI=1S/C15H14N2O4S/c16-22(20,21)11-3-1-2-10(7-11)17-14(18)12-8-4-5-9(6-8)13(12)15(17)19/h1-5,7-9,12-13H,6H2,(H2,16,20,21)/t8?,9?,12-,13+. The minimum Gasteiger partial charge on any atom is -0.274 e. The number of rotatable bonds is 2. The summed E-state index contributed by atoms with van der Waals surface area (Å²) in [6, 6.07) is 5.66. The second kappa shape index (κ2) is 4.27. The fraction of sp³-hybridized carbons (Fsp3) is 0.333. The largest absolute Gasteiger partial charge is 0.274 e. The predicted octanol–water partition coefficient (Wildman–Crippen LogP) is 0.645. The first kappa shape index (κ1) is 13.7. The fourth-order valence-corrected chi connectivity index (χ4v) is 4.51. The van der Waals surface area contributed by atoms with Gasteiger partial charge in [0.15, 0.2) is 0 Å². The van der Waals surface area contributed by atoms with E-state index in [0.29, 0.717) is 0 Å². The van der Waals surface area contributed by atoms with E-state index in [1.165, 1.54) is 18.2 Å². The third-order valence-electron chi connectivity index (χ3n) is 4.87. The molecule has 1 saturated heterocycles. The Morgan fingerprint density at radius 3 is 2.18 bits per heavy atom. The average Bonchev–Trinajstić information content (AvgIpc) is 3.12. The van der Waals surface area contributed by atoms with Crippen LogP contribution < -0.4 is 10.0 Å². The molecule has 2 fully saturated rings. The second-order valence-electron chi connectivity index (χ2n) is 6.05. The Hall–Kier alpha value is -1.99. The van der Waals surface area contributed by atoms with Crippen LogP contribution in [0, 0.1) is 23.7 Å². The predicted molar refractivity (Wildman–Crippen MR) is 78.0 cm³/mol. The maximum absolute atomic E-state index is 12.6. The molecule has 3 aliphatic rings. The van der Waals surface area contributed by atoms with E-state index in [9.17, 15) is 18.0 Å². The van der Waals surface area contributed by atoms with Crippen molar-refractivity contribution in [2.24, 2.45) is 28.8 Å². The number of sulfonamides is 1. The van der Waals surface area contributed by atoms with Crippen molar-refractivity contribution in [2.45, 2.75) is 11.3 Å². The smallest absolute Gasteiger partial charge is 0.238 e. The quantitative estimate of drug-likeness (QED) is 0.639. The number of primary sulfonamides is 1. The molecule has 7 heteroatoms. The van der Waals surface area contributed by atoms with Gasteiger partial charge in [-0.3, -0.25) is 9.59 Å². The van der Waals surface area contributed by atoms with Gasteiger partial charge in [-0.1, -0.05) is 18.2 Å². The number of hydrogen-bond acceptors (Lipinski definition) is 4. The van der Waals surface area contributed by atoms with Gasteiger partial charge in [0.1, 0.15) is 0 Å². The number of hydrogen-bond donors (Lipinski definition) is 1. The first-order chi connectivity index (χ1) is 10.4. The molecule has 1 aromatic carbocycles. The highest BCUT2D eigenvalue weighted by atomic mass is 32.2. The SMILES string of the molecule is NS(=O)(=O)c1cccc(N2C(=O)[C@@H]3C4C=CC(C4)[C@@H]3C2=O)c1. The molecule has 0 aromatic heterocycles. The summed E-state index contributed by atoms with van der Waals surface area (Å²) in [6.45, 7) is 0. The number of nitrogens with zero attached hydrogens (tertiary/aromatic N) is 1. The number of carbonyl (C=O) groups is 2. The molecule has 1 aliphatic heterocycles. The Balaban J connectivity index is 1.76. The Morgan fingerprint density at radius 2 is 1.64 bits per heavy atom. The molecular weight excluding hydrogens is 304 g/mol. The third kappa shape index (κ3) is 1.72. The zero-order valence-corrected chi connectivity index (χ0v) is 12.4. The number of carbonyl (C=O) groups excluding carboxylic acids is 2. The molecule has 2 aliphatic carbocycles. The van der Waals surface area contributed by atoms with Crippen molar-refractivity contribution in [1.82, 2.24) is 0 Å². The van der Waals surface area contributed by atoms with E-state index in [1.807, 2.05) is 12.2 Å². The summed E-state index contributed by atoms with van der Waals surface area (Å²) in [4.78, 5) is 26.3. The molecule has 1 aromatic rings. The molecule has 1 heterocycles. The van der Waals surface area contributed by atoms with Crippen molar-refractivity contribution < 1.29 is 18.0 Å². The van der Waals surface area contributed by atoms with E-state index >= 15 is 0 Å². The summed E-state index contributed by atoms with van der Waals surface area (Å²) in [7, 11) is -3.88. The van der Waals surface area contributed by atoms with Gasteiger partial charge in [0.25, 0.3) is 0 Å². The molecule has 4 rings (SSSR count). The first-order valence-electron chi connectivity index (χ1n) is 7.07. The van der Waals surface area contributed by atoms with E-state index < -0.39 is 10.0 Å². The average molecular weight is 318 g/mol. The van der Waals surface area contributed by atoms with Crippen molar-refractivity contribution in [3.63, 3.8) is 0 Å². The Bertz CT molecular complexity index is 800. The first-order valence-corrected chi connectivity index (χ1v) is 8.61. The third-order valence-corrected chi connectivity index (χ3v) is 5.79. The topological polar surface area (TPSA) is 97.5 Å². The van der Waals surface area contributed by atoms with Crippen LogP contribution in [0.5, 0.6) is 0 Å². The summed E-state index contributed by atoms with van der Waals surface area (Å²) >= 11 is 0. The van der Waals surface area contributed by atoms with Crippen LogP contribution in [0.4, 0.5) is 5.69 Å². The molecule has 0 radical (unpaired) electrons. The minimum absolute atomic E-state index is 0.108. The molecule has 6 nitrogen and oxygen atoms in total. The highest BCUT2D eigenvalue weighted by Gasteiger charge is 2.59. The zero-order chi connectivity index (χ0) is 15.6. The Kier molecular flexibility index (Phi) is 2.65. The highest BCUT2D eigenvalue weighted by Crippen LogP contribution is 2.53. The number of allylic oxidation sites excluding steroid dienone is 2. The second-order valence-corrected chi connectivity index (χ2v) is 7.62. The fourth-order valence-electron chi connectivity index (χ4n) is 3.96. The maximum atomic E-state index is 12.6. The van der Waals surface area contributed by atoms with Crippen LogP contribution in [0.1, 0.15) is 6.42 Å². The summed E-state index contributed by atoms with van der Waals surface area (Å²) in [6.07, 6.45) is 4.89. The maximum Gasteiger partial charge on any atom is 0.238 e. The van der Waals surface area contributed by atoms with Gasteiger partial charge in [-0.2, -0.15) is 0 Å². The van der Waals surface area contributed by atoms with Gasteiger partial charge in [-0.15, -0.1) is 0 Å². The molecule has 2 N–H and O–H groups in total. The Labute approximate surface area is 127 Å².